The number of halogens is 2. The van der Waals surface area contributed by atoms with Gasteiger partial charge in [-0.3, -0.25) is 9.52 Å². The molecule has 1 amide bonds. The Bertz CT molecular complexity index is 1220. The van der Waals surface area contributed by atoms with E-state index in [0.717, 1.165) is 12.1 Å². The number of pyridine rings is 2. The Morgan fingerprint density at radius 2 is 1.83 bits per heavy atom. The number of hydrogen-bond donors (Lipinski definition) is 2. The number of anilines is 2. The van der Waals surface area contributed by atoms with Gasteiger partial charge in [-0.05, 0) is 35.9 Å². The summed E-state index contributed by atoms with van der Waals surface area (Å²) in [6.07, 6.45) is 2.81. The van der Waals surface area contributed by atoms with E-state index in [1.165, 1.54) is 38.6 Å². The van der Waals surface area contributed by atoms with Crippen LogP contribution >= 0.6 is 0 Å². The Labute approximate surface area is 171 Å². The van der Waals surface area contributed by atoms with Crippen molar-refractivity contribution in [1.82, 2.24) is 9.97 Å². The van der Waals surface area contributed by atoms with E-state index < -0.39 is 27.3 Å². The van der Waals surface area contributed by atoms with E-state index in [2.05, 4.69) is 20.0 Å². The minimum Gasteiger partial charge on any atom is -0.480 e. The van der Waals surface area contributed by atoms with Crippen molar-refractivity contribution < 1.29 is 26.7 Å². The van der Waals surface area contributed by atoms with E-state index in [-0.39, 0.29) is 22.5 Å². The maximum atomic E-state index is 13.9. The number of benzene rings is 1. The quantitative estimate of drug-likeness (QED) is 0.617. The van der Waals surface area contributed by atoms with Gasteiger partial charge in [-0.1, -0.05) is 0 Å². The lowest BCUT2D eigenvalue weighted by molar-refractivity contribution is -0.114. The molecule has 0 aliphatic carbocycles. The lowest BCUT2D eigenvalue weighted by Gasteiger charge is -2.13. The van der Waals surface area contributed by atoms with Gasteiger partial charge in [0.2, 0.25) is 11.8 Å². The van der Waals surface area contributed by atoms with Crippen molar-refractivity contribution in [2.75, 3.05) is 17.1 Å². The zero-order valence-electron chi connectivity index (χ0n) is 15.8. The predicted octanol–water partition coefficient (Wildman–Crippen LogP) is 3.19. The van der Waals surface area contributed by atoms with E-state index >= 15 is 0 Å². The number of nitrogens with zero attached hydrogens (tertiary/aromatic N) is 2. The first-order chi connectivity index (χ1) is 14.2. The van der Waals surface area contributed by atoms with Crippen LogP contribution in [0.5, 0.6) is 5.88 Å². The number of nitrogens with one attached hydrogen (secondary N) is 2. The molecule has 0 bridgehead atoms. The van der Waals surface area contributed by atoms with Crippen molar-refractivity contribution in [3.8, 4) is 17.0 Å². The number of carbonyl (C=O) groups is 1. The van der Waals surface area contributed by atoms with E-state index in [4.69, 9.17) is 4.74 Å². The van der Waals surface area contributed by atoms with Gasteiger partial charge in [0.25, 0.3) is 10.0 Å². The first-order valence-electron chi connectivity index (χ1n) is 8.45. The molecule has 1 aromatic carbocycles. The minimum atomic E-state index is -4.34. The molecule has 2 N–H and O–H groups in total. The summed E-state index contributed by atoms with van der Waals surface area (Å²) < 4.78 is 59.8. The number of aromatic nitrogens is 2. The van der Waals surface area contributed by atoms with Gasteiger partial charge in [-0.25, -0.2) is 27.2 Å². The van der Waals surface area contributed by atoms with Crippen LogP contribution in [0, 0.1) is 11.6 Å². The maximum Gasteiger partial charge on any atom is 0.267 e. The SMILES string of the molecule is COc1ncc(-c2ccnc(NC(C)=O)c2)cc1S(=O)(=O)Nc1ccc(F)cc1F. The highest BCUT2D eigenvalue weighted by atomic mass is 32.2. The molecule has 0 fully saturated rings. The highest BCUT2D eigenvalue weighted by molar-refractivity contribution is 7.92. The van der Waals surface area contributed by atoms with Gasteiger partial charge < -0.3 is 10.1 Å². The second kappa shape index (κ2) is 8.41. The molecular weight excluding hydrogens is 418 g/mol. The van der Waals surface area contributed by atoms with Crippen molar-refractivity contribution in [2.45, 2.75) is 11.8 Å². The third-order valence-corrected chi connectivity index (χ3v) is 5.23. The highest BCUT2D eigenvalue weighted by Crippen LogP contribution is 2.30. The molecule has 3 rings (SSSR count). The molecule has 0 aliphatic rings. The van der Waals surface area contributed by atoms with E-state index in [1.54, 1.807) is 6.07 Å². The fourth-order valence-corrected chi connectivity index (χ4v) is 3.78. The first-order valence-corrected chi connectivity index (χ1v) is 9.94. The lowest BCUT2D eigenvalue weighted by Crippen LogP contribution is -2.16. The smallest absolute Gasteiger partial charge is 0.267 e. The summed E-state index contributed by atoms with van der Waals surface area (Å²) in [4.78, 5) is 18.9. The van der Waals surface area contributed by atoms with Crippen molar-refractivity contribution in [3.63, 3.8) is 0 Å². The Morgan fingerprint density at radius 1 is 1.07 bits per heavy atom. The van der Waals surface area contributed by atoms with Gasteiger partial charge in [-0.2, -0.15) is 0 Å². The molecule has 0 radical (unpaired) electrons. The van der Waals surface area contributed by atoms with Crippen LogP contribution in [-0.2, 0) is 14.8 Å². The molecule has 30 heavy (non-hydrogen) atoms. The second-order valence-electron chi connectivity index (χ2n) is 6.07. The van der Waals surface area contributed by atoms with Crippen LogP contribution in [-0.4, -0.2) is 31.4 Å². The molecule has 2 aromatic heterocycles. The zero-order chi connectivity index (χ0) is 21.9. The molecular formula is C19H16F2N4O4S. The molecule has 3 aromatic rings. The topological polar surface area (TPSA) is 110 Å². The Hall–Kier alpha value is -3.60. The summed E-state index contributed by atoms with van der Waals surface area (Å²) in [6, 6.07) is 6.86. The highest BCUT2D eigenvalue weighted by Gasteiger charge is 2.23. The standard InChI is InChI=1S/C19H16F2N4O4S/c1-11(26)24-18-8-12(5-6-22-18)13-7-17(19(29-2)23-10-13)30(27,28)25-16-4-3-14(20)9-15(16)21/h3-10,25H,1-2H3,(H,22,24,26). The monoisotopic (exact) mass is 434 g/mol. The third kappa shape index (κ3) is 4.69. The lowest BCUT2D eigenvalue weighted by atomic mass is 10.1. The van der Waals surface area contributed by atoms with Crippen LogP contribution < -0.4 is 14.8 Å². The molecule has 156 valence electrons. The van der Waals surface area contributed by atoms with Gasteiger partial charge in [0.15, 0.2) is 0 Å². The van der Waals surface area contributed by atoms with Crippen molar-refractivity contribution in [2.24, 2.45) is 0 Å². The first kappa shape index (κ1) is 21.1. The molecule has 0 aliphatic heterocycles. The van der Waals surface area contributed by atoms with Gasteiger partial charge in [0.05, 0.1) is 12.8 Å². The van der Waals surface area contributed by atoms with Crippen LogP contribution in [0.25, 0.3) is 11.1 Å². The number of sulfonamides is 1. The maximum absolute atomic E-state index is 13.9. The molecule has 8 nitrogen and oxygen atoms in total. The van der Waals surface area contributed by atoms with E-state index in [1.807, 2.05) is 0 Å². The number of methoxy groups -OCH3 is 1. The molecule has 0 saturated heterocycles. The van der Waals surface area contributed by atoms with Crippen LogP contribution in [0.2, 0.25) is 0 Å². The van der Waals surface area contributed by atoms with Gasteiger partial charge in [-0.15, -0.1) is 0 Å². The van der Waals surface area contributed by atoms with Crippen molar-refractivity contribution in [1.29, 1.82) is 0 Å². The Morgan fingerprint density at radius 3 is 2.50 bits per heavy atom. The zero-order valence-corrected chi connectivity index (χ0v) is 16.6. The molecule has 0 saturated carbocycles. The van der Waals surface area contributed by atoms with Gasteiger partial charge in [0.1, 0.15) is 22.3 Å². The fourth-order valence-electron chi connectivity index (χ4n) is 2.57. The molecule has 2 heterocycles. The summed E-state index contributed by atoms with van der Waals surface area (Å²) in [7, 11) is -3.10. The summed E-state index contributed by atoms with van der Waals surface area (Å²) in [5.41, 5.74) is 0.471. The van der Waals surface area contributed by atoms with Crippen molar-refractivity contribution in [3.05, 3.63) is 60.4 Å². The van der Waals surface area contributed by atoms with Crippen LogP contribution in [0.4, 0.5) is 20.3 Å². The summed E-state index contributed by atoms with van der Waals surface area (Å²) in [5.74, 6) is -2.18. The van der Waals surface area contributed by atoms with Crippen LogP contribution in [0.15, 0.2) is 53.7 Å². The van der Waals surface area contributed by atoms with E-state index in [0.29, 0.717) is 17.2 Å². The van der Waals surface area contributed by atoms with Crippen molar-refractivity contribution >= 4 is 27.4 Å². The number of amides is 1. The summed E-state index contributed by atoms with van der Waals surface area (Å²) in [5, 5.41) is 2.53. The van der Waals surface area contributed by atoms with Gasteiger partial charge >= 0.3 is 0 Å². The number of rotatable bonds is 6. The average molecular weight is 434 g/mol. The molecule has 0 unspecified atom stereocenters. The van der Waals surface area contributed by atoms with E-state index in [9.17, 15) is 22.0 Å². The minimum absolute atomic E-state index is 0.218. The summed E-state index contributed by atoms with van der Waals surface area (Å²) >= 11 is 0. The Kier molecular flexibility index (Phi) is 5.92. The number of hydrogen-bond acceptors (Lipinski definition) is 6. The predicted molar refractivity (Wildman–Crippen MR) is 105 cm³/mol. The molecule has 0 atom stereocenters. The van der Waals surface area contributed by atoms with Gasteiger partial charge in [0, 0.05) is 30.9 Å². The number of carbonyl (C=O) groups excluding carboxylic acids is 1. The summed E-state index contributed by atoms with van der Waals surface area (Å²) in [6.45, 7) is 1.33. The third-order valence-electron chi connectivity index (χ3n) is 3.87. The largest absolute Gasteiger partial charge is 0.480 e. The Balaban J connectivity index is 2.03. The molecule has 11 heteroatoms. The average Bonchev–Trinajstić information content (AvgIpc) is 2.69. The normalized spacial score (nSPS) is 11.1. The fraction of sp³-hybridized carbons (Fsp3) is 0.105. The second-order valence-corrected chi connectivity index (χ2v) is 7.72. The van der Waals surface area contributed by atoms with Crippen LogP contribution in [0.1, 0.15) is 6.92 Å². The number of ether oxygens (including phenoxy) is 1. The molecule has 0 spiro atoms. The van der Waals surface area contributed by atoms with Crippen LogP contribution in [0.3, 0.4) is 0 Å².